The Labute approximate surface area is 107 Å². The quantitative estimate of drug-likeness (QED) is 0.705. The van der Waals surface area contributed by atoms with Crippen molar-refractivity contribution < 1.29 is 14.6 Å². The molecule has 0 unspecified atom stereocenters. The molecular formula is C13H20N2O3. The maximum absolute atomic E-state index is 11.3. The van der Waals surface area contributed by atoms with Gasteiger partial charge in [-0.15, -0.1) is 0 Å². The van der Waals surface area contributed by atoms with Crippen LogP contribution >= 0.6 is 0 Å². The molecule has 5 heteroatoms. The summed E-state index contributed by atoms with van der Waals surface area (Å²) in [5, 5.41) is 12.0. The van der Waals surface area contributed by atoms with Gasteiger partial charge in [0.1, 0.15) is 6.61 Å². The Morgan fingerprint density at radius 2 is 2.11 bits per heavy atom. The van der Waals surface area contributed by atoms with E-state index in [4.69, 9.17) is 10.5 Å². The molecule has 0 bridgehead atoms. The van der Waals surface area contributed by atoms with Crippen LogP contribution in [0, 0.1) is 0 Å². The SMILES string of the molecule is C[C@@H](N)C[C@@H](O)CNC(=O)OCc1ccccc1. The first-order valence-corrected chi connectivity index (χ1v) is 5.96. The third-order valence-corrected chi connectivity index (χ3v) is 2.34. The number of hydrogen-bond acceptors (Lipinski definition) is 4. The molecule has 0 saturated heterocycles. The largest absolute Gasteiger partial charge is 0.445 e. The molecule has 1 aromatic rings. The molecule has 0 saturated carbocycles. The monoisotopic (exact) mass is 252 g/mol. The van der Waals surface area contributed by atoms with Gasteiger partial charge in [0.15, 0.2) is 0 Å². The Kier molecular flexibility index (Phi) is 6.18. The lowest BCUT2D eigenvalue weighted by atomic mass is 10.1. The van der Waals surface area contributed by atoms with Gasteiger partial charge in [0.05, 0.1) is 6.10 Å². The Hall–Kier alpha value is -1.59. The molecule has 0 spiro atoms. The summed E-state index contributed by atoms with van der Waals surface area (Å²) in [4.78, 5) is 11.3. The van der Waals surface area contributed by atoms with Crippen molar-refractivity contribution in [2.45, 2.75) is 32.1 Å². The fourth-order valence-electron chi connectivity index (χ4n) is 1.49. The Morgan fingerprint density at radius 1 is 1.44 bits per heavy atom. The molecule has 0 fully saturated rings. The molecule has 1 aromatic carbocycles. The molecule has 0 radical (unpaired) electrons. The van der Waals surface area contributed by atoms with Crippen LogP contribution in [0.1, 0.15) is 18.9 Å². The maximum Gasteiger partial charge on any atom is 0.407 e. The molecule has 1 amide bonds. The van der Waals surface area contributed by atoms with Crippen LogP contribution in [0.15, 0.2) is 30.3 Å². The molecule has 0 aromatic heterocycles. The van der Waals surface area contributed by atoms with Gasteiger partial charge >= 0.3 is 6.09 Å². The summed E-state index contributed by atoms with van der Waals surface area (Å²) in [5.74, 6) is 0. The average Bonchev–Trinajstić information content (AvgIpc) is 2.34. The second-order valence-electron chi connectivity index (χ2n) is 4.31. The van der Waals surface area contributed by atoms with Crippen LogP contribution in [-0.4, -0.2) is 29.9 Å². The van der Waals surface area contributed by atoms with Gasteiger partial charge in [0, 0.05) is 12.6 Å². The third kappa shape index (κ3) is 6.22. The van der Waals surface area contributed by atoms with Crippen molar-refractivity contribution in [3.8, 4) is 0 Å². The van der Waals surface area contributed by atoms with Crippen LogP contribution in [0.5, 0.6) is 0 Å². The molecule has 0 aliphatic carbocycles. The van der Waals surface area contributed by atoms with E-state index in [0.717, 1.165) is 5.56 Å². The number of benzene rings is 1. The van der Waals surface area contributed by atoms with Crippen molar-refractivity contribution in [1.82, 2.24) is 5.32 Å². The van der Waals surface area contributed by atoms with E-state index in [2.05, 4.69) is 5.32 Å². The minimum atomic E-state index is -0.644. The zero-order valence-corrected chi connectivity index (χ0v) is 10.5. The zero-order valence-electron chi connectivity index (χ0n) is 10.5. The number of carbonyl (C=O) groups excluding carboxylic acids is 1. The molecule has 0 aliphatic rings. The van der Waals surface area contributed by atoms with Gasteiger partial charge in [-0.05, 0) is 18.9 Å². The lowest BCUT2D eigenvalue weighted by Gasteiger charge is -2.13. The van der Waals surface area contributed by atoms with E-state index in [-0.39, 0.29) is 19.2 Å². The number of amides is 1. The minimum absolute atomic E-state index is 0.0952. The molecular weight excluding hydrogens is 232 g/mol. The lowest BCUT2D eigenvalue weighted by Crippen LogP contribution is -2.35. The summed E-state index contributed by atoms with van der Waals surface area (Å²) in [7, 11) is 0. The molecule has 2 atom stereocenters. The number of ether oxygens (including phenoxy) is 1. The number of hydrogen-bond donors (Lipinski definition) is 3. The van der Waals surface area contributed by atoms with E-state index < -0.39 is 12.2 Å². The number of alkyl carbamates (subject to hydrolysis) is 1. The van der Waals surface area contributed by atoms with Crippen molar-refractivity contribution in [2.75, 3.05) is 6.54 Å². The fourth-order valence-corrected chi connectivity index (χ4v) is 1.49. The highest BCUT2D eigenvalue weighted by Crippen LogP contribution is 2.00. The van der Waals surface area contributed by atoms with Crippen LogP contribution in [0.25, 0.3) is 0 Å². The second-order valence-corrected chi connectivity index (χ2v) is 4.31. The summed E-state index contributed by atoms with van der Waals surface area (Å²) >= 11 is 0. The number of nitrogens with one attached hydrogen (secondary N) is 1. The van der Waals surface area contributed by atoms with Gasteiger partial charge in [-0.25, -0.2) is 4.79 Å². The molecule has 0 aliphatic heterocycles. The maximum atomic E-state index is 11.3. The van der Waals surface area contributed by atoms with E-state index in [0.29, 0.717) is 6.42 Å². The lowest BCUT2D eigenvalue weighted by molar-refractivity contribution is 0.121. The standard InChI is InChI=1S/C13H20N2O3/c1-10(14)7-12(16)8-15-13(17)18-9-11-5-3-2-4-6-11/h2-6,10,12,16H,7-9,14H2,1H3,(H,15,17)/t10-,12-/m1/s1. The van der Waals surface area contributed by atoms with Crippen molar-refractivity contribution >= 4 is 6.09 Å². The van der Waals surface area contributed by atoms with E-state index in [1.54, 1.807) is 6.92 Å². The molecule has 18 heavy (non-hydrogen) atoms. The molecule has 1 rings (SSSR count). The first-order valence-electron chi connectivity index (χ1n) is 5.96. The fraction of sp³-hybridized carbons (Fsp3) is 0.462. The predicted molar refractivity (Wildman–Crippen MR) is 68.9 cm³/mol. The van der Waals surface area contributed by atoms with Gasteiger partial charge in [-0.1, -0.05) is 30.3 Å². The summed E-state index contributed by atoms with van der Waals surface area (Å²) in [6, 6.07) is 9.30. The predicted octanol–water partition coefficient (Wildman–Crippen LogP) is 1.01. The van der Waals surface area contributed by atoms with Crippen LogP contribution in [-0.2, 0) is 11.3 Å². The molecule has 100 valence electrons. The summed E-state index contributed by atoms with van der Waals surface area (Å²) in [6.07, 6.45) is -0.740. The van der Waals surface area contributed by atoms with Gasteiger partial charge in [-0.2, -0.15) is 0 Å². The summed E-state index contributed by atoms with van der Waals surface area (Å²) < 4.78 is 4.99. The Balaban J connectivity index is 2.18. The van der Waals surface area contributed by atoms with E-state index in [1.165, 1.54) is 0 Å². The highest BCUT2D eigenvalue weighted by atomic mass is 16.5. The number of aliphatic hydroxyl groups excluding tert-OH is 1. The topological polar surface area (TPSA) is 84.6 Å². The van der Waals surface area contributed by atoms with Crippen LogP contribution in [0.3, 0.4) is 0 Å². The van der Waals surface area contributed by atoms with Gasteiger partial charge in [0.2, 0.25) is 0 Å². The average molecular weight is 252 g/mol. The highest BCUT2D eigenvalue weighted by molar-refractivity contribution is 5.67. The van der Waals surface area contributed by atoms with E-state index >= 15 is 0 Å². The van der Waals surface area contributed by atoms with Crippen molar-refractivity contribution in [1.29, 1.82) is 0 Å². The number of rotatable bonds is 6. The van der Waals surface area contributed by atoms with Crippen molar-refractivity contribution in [2.24, 2.45) is 5.73 Å². The minimum Gasteiger partial charge on any atom is -0.445 e. The van der Waals surface area contributed by atoms with Gasteiger partial charge < -0.3 is 20.9 Å². The second kappa shape index (κ2) is 7.68. The van der Waals surface area contributed by atoms with Crippen molar-refractivity contribution in [3.05, 3.63) is 35.9 Å². The van der Waals surface area contributed by atoms with Gasteiger partial charge in [-0.3, -0.25) is 0 Å². The van der Waals surface area contributed by atoms with Crippen LogP contribution in [0.4, 0.5) is 4.79 Å². The summed E-state index contributed by atoms with van der Waals surface area (Å²) in [5.41, 5.74) is 6.45. The number of carbonyl (C=O) groups is 1. The van der Waals surface area contributed by atoms with Gasteiger partial charge in [0.25, 0.3) is 0 Å². The normalized spacial score (nSPS) is 13.7. The number of nitrogens with two attached hydrogens (primary N) is 1. The summed E-state index contributed by atoms with van der Waals surface area (Å²) in [6.45, 7) is 2.17. The molecule has 4 N–H and O–H groups in total. The van der Waals surface area contributed by atoms with Crippen LogP contribution in [0.2, 0.25) is 0 Å². The van der Waals surface area contributed by atoms with Crippen LogP contribution < -0.4 is 11.1 Å². The Bertz CT molecular complexity index is 355. The molecule has 5 nitrogen and oxygen atoms in total. The first kappa shape index (κ1) is 14.5. The van der Waals surface area contributed by atoms with E-state index in [9.17, 15) is 9.90 Å². The third-order valence-electron chi connectivity index (χ3n) is 2.34. The zero-order chi connectivity index (χ0) is 13.4. The Morgan fingerprint density at radius 3 is 2.72 bits per heavy atom. The molecule has 0 heterocycles. The first-order chi connectivity index (χ1) is 8.58. The van der Waals surface area contributed by atoms with Crippen molar-refractivity contribution in [3.63, 3.8) is 0 Å². The smallest absolute Gasteiger partial charge is 0.407 e. The number of aliphatic hydroxyl groups is 1. The van der Waals surface area contributed by atoms with E-state index in [1.807, 2.05) is 30.3 Å². The highest BCUT2D eigenvalue weighted by Gasteiger charge is 2.09.